The minimum Gasteiger partial charge on any atom is -0.506 e. The average molecular weight is 293 g/mol. The molecule has 0 unspecified atom stereocenters. The van der Waals surface area contributed by atoms with Crippen LogP contribution in [0, 0.1) is 0 Å². The topological polar surface area (TPSA) is 61.3 Å². The van der Waals surface area contributed by atoms with E-state index >= 15 is 0 Å². The quantitative estimate of drug-likeness (QED) is 0.543. The van der Waals surface area contributed by atoms with Gasteiger partial charge in [0.1, 0.15) is 5.75 Å². The lowest BCUT2D eigenvalue weighted by Gasteiger charge is -1.89. The fraction of sp³-hybridized carbons (Fsp3) is 0. The number of imidazole rings is 1. The van der Waals surface area contributed by atoms with Crippen LogP contribution in [0.15, 0.2) is 53.5 Å². The monoisotopic (exact) mass is 293 g/mol. The minimum absolute atomic E-state index is 0.274. The van der Waals surface area contributed by atoms with Gasteiger partial charge in [0.25, 0.3) is 0 Å². The molecule has 102 valence electrons. The highest BCUT2D eigenvalue weighted by atomic mass is 32.1. The second kappa shape index (κ2) is 4.71. The van der Waals surface area contributed by atoms with Crippen LogP contribution >= 0.6 is 11.3 Å². The van der Waals surface area contributed by atoms with E-state index in [-0.39, 0.29) is 5.75 Å². The molecular formula is C16H11N3OS. The Morgan fingerprint density at radius 3 is 2.76 bits per heavy atom. The lowest BCUT2D eigenvalue weighted by molar-refractivity contribution is 0.483. The first-order valence-electron chi connectivity index (χ1n) is 6.50. The third kappa shape index (κ3) is 2.08. The standard InChI is InChI=1S/C16H11N3OS/c20-15-10-5-1-4-8-13(10)21-14(15)9-17-16-18-11-6-2-3-7-12(11)19-16/h1-9,20H,(H,18,19). The van der Waals surface area contributed by atoms with Crippen molar-refractivity contribution in [2.45, 2.75) is 0 Å². The van der Waals surface area contributed by atoms with Gasteiger partial charge in [-0.25, -0.2) is 9.98 Å². The van der Waals surface area contributed by atoms with Crippen molar-refractivity contribution in [3.05, 3.63) is 53.4 Å². The molecule has 5 heteroatoms. The molecule has 2 aromatic carbocycles. The second-order valence-corrected chi connectivity index (χ2v) is 5.73. The first-order chi connectivity index (χ1) is 10.3. The lowest BCUT2D eigenvalue weighted by atomic mass is 10.2. The molecule has 0 saturated carbocycles. The predicted molar refractivity (Wildman–Crippen MR) is 86.8 cm³/mol. The summed E-state index contributed by atoms with van der Waals surface area (Å²) in [6, 6.07) is 15.5. The molecule has 0 atom stereocenters. The summed E-state index contributed by atoms with van der Waals surface area (Å²) in [4.78, 5) is 12.6. The Hall–Kier alpha value is -2.66. The first kappa shape index (κ1) is 12.1. The third-order valence-electron chi connectivity index (χ3n) is 3.28. The van der Waals surface area contributed by atoms with Crippen molar-refractivity contribution in [1.82, 2.24) is 9.97 Å². The van der Waals surface area contributed by atoms with Gasteiger partial charge in [0, 0.05) is 10.1 Å². The number of rotatable bonds is 2. The molecule has 0 saturated heterocycles. The Bertz CT molecular complexity index is 935. The summed E-state index contributed by atoms with van der Waals surface area (Å²) in [6.07, 6.45) is 1.65. The molecule has 4 nitrogen and oxygen atoms in total. The number of H-pyrrole nitrogens is 1. The Labute approximate surface area is 124 Å². The van der Waals surface area contributed by atoms with Crippen LogP contribution in [-0.4, -0.2) is 21.3 Å². The molecule has 0 aliphatic heterocycles. The summed E-state index contributed by atoms with van der Waals surface area (Å²) >= 11 is 1.51. The Kier molecular flexibility index (Phi) is 2.72. The van der Waals surface area contributed by atoms with Crippen molar-refractivity contribution in [1.29, 1.82) is 0 Å². The van der Waals surface area contributed by atoms with Crippen molar-refractivity contribution in [3.8, 4) is 5.75 Å². The molecule has 2 N–H and O–H groups in total. The third-order valence-corrected chi connectivity index (χ3v) is 4.37. The zero-order valence-corrected chi connectivity index (χ0v) is 11.8. The van der Waals surface area contributed by atoms with Gasteiger partial charge in [0.2, 0.25) is 5.95 Å². The zero-order chi connectivity index (χ0) is 14.2. The van der Waals surface area contributed by atoms with Crippen LogP contribution < -0.4 is 0 Å². The highest BCUT2D eigenvalue weighted by Crippen LogP contribution is 2.35. The van der Waals surface area contributed by atoms with Gasteiger partial charge < -0.3 is 10.1 Å². The number of benzene rings is 2. The summed E-state index contributed by atoms with van der Waals surface area (Å²) in [5.41, 5.74) is 1.83. The second-order valence-electron chi connectivity index (χ2n) is 4.65. The molecule has 0 spiro atoms. The molecule has 0 aliphatic carbocycles. The van der Waals surface area contributed by atoms with Crippen molar-refractivity contribution < 1.29 is 5.11 Å². The SMILES string of the molecule is Oc1c(C=Nc2nc3ccccc3[nH]2)sc2ccccc12. The number of aromatic nitrogens is 2. The van der Waals surface area contributed by atoms with Gasteiger partial charge in [0.15, 0.2) is 0 Å². The Balaban J connectivity index is 1.74. The van der Waals surface area contributed by atoms with Crippen LogP contribution in [0.2, 0.25) is 0 Å². The number of para-hydroxylation sites is 2. The van der Waals surface area contributed by atoms with E-state index in [1.807, 2.05) is 48.5 Å². The summed E-state index contributed by atoms with van der Waals surface area (Å²) in [5.74, 6) is 0.809. The molecule has 0 radical (unpaired) electrons. The maximum Gasteiger partial charge on any atom is 0.227 e. The maximum atomic E-state index is 10.2. The minimum atomic E-state index is 0.274. The van der Waals surface area contributed by atoms with E-state index < -0.39 is 0 Å². The number of fused-ring (bicyclic) bond motifs is 2. The molecule has 2 heterocycles. The zero-order valence-electron chi connectivity index (χ0n) is 10.9. The number of aromatic hydroxyl groups is 1. The van der Waals surface area contributed by atoms with Crippen LogP contribution in [0.3, 0.4) is 0 Å². The fourth-order valence-corrected chi connectivity index (χ4v) is 3.23. The molecule has 0 aliphatic rings. The van der Waals surface area contributed by atoms with Crippen molar-refractivity contribution in [2.75, 3.05) is 0 Å². The van der Waals surface area contributed by atoms with E-state index in [1.165, 1.54) is 11.3 Å². The van der Waals surface area contributed by atoms with Crippen LogP contribution in [-0.2, 0) is 0 Å². The molecule has 4 aromatic rings. The van der Waals surface area contributed by atoms with Gasteiger partial charge in [-0.2, -0.15) is 0 Å². The van der Waals surface area contributed by atoms with E-state index in [1.54, 1.807) is 6.21 Å². The number of hydrogen-bond acceptors (Lipinski definition) is 4. The summed E-state index contributed by atoms with van der Waals surface area (Å²) in [5, 5.41) is 11.1. The van der Waals surface area contributed by atoms with E-state index in [4.69, 9.17) is 0 Å². The normalized spacial score (nSPS) is 11.8. The molecular weight excluding hydrogens is 282 g/mol. The van der Waals surface area contributed by atoms with Crippen LogP contribution in [0.5, 0.6) is 5.75 Å². The molecule has 21 heavy (non-hydrogen) atoms. The lowest BCUT2D eigenvalue weighted by Crippen LogP contribution is -1.75. The predicted octanol–water partition coefficient (Wildman–Crippen LogP) is 4.23. The van der Waals surface area contributed by atoms with Gasteiger partial charge in [-0.05, 0) is 24.3 Å². The fourth-order valence-electron chi connectivity index (χ4n) is 2.26. The average Bonchev–Trinajstić information content (AvgIpc) is 3.07. The van der Waals surface area contributed by atoms with Gasteiger partial charge in [-0.1, -0.05) is 24.3 Å². The van der Waals surface area contributed by atoms with E-state index in [2.05, 4.69) is 15.0 Å². The van der Waals surface area contributed by atoms with Gasteiger partial charge in [-0.3, -0.25) is 0 Å². The van der Waals surface area contributed by atoms with Gasteiger partial charge in [0.05, 0.1) is 22.1 Å². The first-order valence-corrected chi connectivity index (χ1v) is 7.32. The molecule has 0 bridgehead atoms. The number of aromatic amines is 1. The van der Waals surface area contributed by atoms with Gasteiger partial charge >= 0.3 is 0 Å². The van der Waals surface area contributed by atoms with Crippen LogP contribution in [0.4, 0.5) is 5.95 Å². The van der Waals surface area contributed by atoms with E-state index in [0.29, 0.717) is 5.95 Å². The summed E-state index contributed by atoms with van der Waals surface area (Å²) < 4.78 is 1.04. The molecule has 0 amide bonds. The van der Waals surface area contributed by atoms with Crippen molar-refractivity contribution >= 4 is 44.6 Å². The number of thiophene rings is 1. The number of hydrogen-bond donors (Lipinski definition) is 2. The van der Waals surface area contributed by atoms with E-state index in [9.17, 15) is 5.11 Å². The highest BCUT2D eigenvalue weighted by molar-refractivity contribution is 7.21. The highest BCUT2D eigenvalue weighted by Gasteiger charge is 2.08. The number of nitrogens with zero attached hydrogens (tertiary/aromatic N) is 2. The van der Waals surface area contributed by atoms with Gasteiger partial charge in [-0.15, -0.1) is 11.3 Å². The van der Waals surface area contributed by atoms with Crippen LogP contribution in [0.1, 0.15) is 4.88 Å². The summed E-state index contributed by atoms with van der Waals surface area (Å²) in [6.45, 7) is 0. The van der Waals surface area contributed by atoms with Crippen LogP contribution in [0.25, 0.3) is 21.1 Å². The smallest absolute Gasteiger partial charge is 0.227 e. The molecule has 2 aromatic heterocycles. The summed E-state index contributed by atoms with van der Waals surface area (Å²) in [7, 11) is 0. The van der Waals surface area contributed by atoms with E-state index in [0.717, 1.165) is 26.0 Å². The number of nitrogens with one attached hydrogen (secondary N) is 1. The Morgan fingerprint density at radius 1 is 1.10 bits per heavy atom. The molecule has 0 fully saturated rings. The largest absolute Gasteiger partial charge is 0.506 e. The van der Waals surface area contributed by atoms with Crippen molar-refractivity contribution in [3.63, 3.8) is 0 Å². The Morgan fingerprint density at radius 2 is 1.90 bits per heavy atom. The number of aliphatic imine (C=N–C) groups is 1. The molecule has 4 rings (SSSR count). The maximum absolute atomic E-state index is 10.2. The van der Waals surface area contributed by atoms with Crippen molar-refractivity contribution in [2.24, 2.45) is 4.99 Å².